The maximum Gasteiger partial charge on any atom is 0.271 e. The van der Waals surface area contributed by atoms with Gasteiger partial charge in [-0.25, -0.2) is 4.99 Å². The van der Waals surface area contributed by atoms with Crippen LogP contribution in [0.2, 0.25) is 0 Å². The number of fused-ring (bicyclic) bond motifs is 3. The van der Waals surface area contributed by atoms with Crippen LogP contribution < -0.4 is 19.6 Å². The number of halogens is 2. The lowest BCUT2D eigenvalue weighted by Crippen LogP contribution is -2.38. The third-order valence-electron chi connectivity index (χ3n) is 8.12. The fraction of sp³-hybridized carbons (Fsp3) is 0.118. The molecule has 47 heavy (non-hydrogen) atoms. The van der Waals surface area contributed by atoms with E-state index in [9.17, 15) is 25.0 Å². The molecule has 0 fully saturated rings. The van der Waals surface area contributed by atoms with Gasteiger partial charge in [-0.05, 0) is 81.4 Å². The first-order valence-corrected chi connectivity index (χ1v) is 16.8. The molecular weight excluding hydrogens is 752 g/mol. The van der Waals surface area contributed by atoms with E-state index < -0.39 is 15.9 Å². The molecule has 234 valence electrons. The Labute approximate surface area is 287 Å². The molecule has 1 aliphatic heterocycles. The van der Waals surface area contributed by atoms with Crippen molar-refractivity contribution in [2.75, 3.05) is 0 Å². The molecule has 0 amide bonds. The third-order valence-corrected chi connectivity index (χ3v) is 10.2. The number of nitrogens with zero attached hydrogens (tertiary/aromatic N) is 4. The first-order chi connectivity index (χ1) is 22.7. The molecule has 1 unspecified atom stereocenters. The number of ether oxygens (including phenoxy) is 1. The lowest BCUT2D eigenvalue weighted by atomic mass is 9.83. The molecular formula is C34H22Br2N4O6S. The van der Waals surface area contributed by atoms with Gasteiger partial charge in [-0.3, -0.25) is 29.6 Å². The lowest BCUT2D eigenvalue weighted by molar-refractivity contribution is -0.385. The average Bonchev–Trinajstić information content (AvgIpc) is 3.37. The Morgan fingerprint density at radius 2 is 1.70 bits per heavy atom. The lowest BCUT2D eigenvalue weighted by Gasteiger charge is -2.30. The normalized spacial score (nSPS) is 15.4. The molecule has 1 atom stereocenters. The second-order valence-corrected chi connectivity index (χ2v) is 13.8. The molecule has 10 nitrogen and oxygen atoms in total. The van der Waals surface area contributed by atoms with Crippen molar-refractivity contribution >= 4 is 66.3 Å². The Morgan fingerprint density at radius 3 is 2.47 bits per heavy atom. The van der Waals surface area contributed by atoms with Crippen molar-refractivity contribution in [3.63, 3.8) is 0 Å². The second-order valence-electron chi connectivity index (χ2n) is 11.0. The molecule has 1 aromatic heterocycles. The van der Waals surface area contributed by atoms with E-state index in [0.29, 0.717) is 37.1 Å². The van der Waals surface area contributed by atoms with Gasteiger partial charge in [0.25, 0.3) is 16.9 Å². The third kappa shape index (κ3) is 5.86. The predicted molar refractivity (Wildman–Crippen MR) is 185 cm³/mol. The van der Waals surface area contributed by atoms with Crippen LogP contribution in [0.15, 0.2) is 109 Å². The minimum Gasteiger partial charge on any atom is -0.487 e. The van der Waals surface area contributed by atoms with Crippen molar-refractivity contribution in [3.8, 4) is 5.75 Å². The van der Waals surface area contributed by atoms with Gasteiger partial charge in [-0.1, -0.05) is 63.7 Å². The number of benzene rings is 4. The zero-order valence-corrected chi connectivity index (χ0v) is 28.2. The maximum absolute atomic E-state index is 14.3. The highest BCUT2D eigenvalue weighted by molar-refractivity contribution is 9.11. The minimum atomic E-state index is -0.566. The number of nitro groups is 2. The highest BCUT2D eigenvalue weighted by atomic mass is 79.9. The fourth-order valence-corrected chi connectivity index (χ4v) is 8.35. The topological polar surface area (TPSA) is 130 Å². The van der Waals surface area contributed by atoms with Crippen molar-refractivity contribution in [2.45, 2.75) is 25.5 Å². The Bertz CT molecular complexity index is 2330. The molecule has 2 heterocycles. The predicted octanol–water partition coefficient (Wildman–Crippen LogP) is 7.24. The molecule has 5 aromatic rings. The molecule has 0 N–H and O–H groups in total. The van der Waals surface area contributed by atoms with Crippen LogP contribution in [0.3, 0.4) is 0 Å². The van der Waals surface area contributed by atoms with E-state index in [4.69, 9.17) is 9.73 Å². The smallest absolute Gasteiger partial charge is 0.271 e. The summed E-state index contributed by atoms with van der Waals surface area (Å²) in [5.41, 5.74) is 5.59. The van der Waals surface area contributed by atoms with E-state index >= 15 is 0 Å². The van der Waals surface area contributed by atoms with Crippen molar-refractivity contribution < 1.29 is 14.6 Å². The standard InChI is InChI=1S/C34H22Br2N4O6S/c35-23-14-22(32(28(36)17-23)46-18-19-8-11-24(12-9-19)39(42)43)16-29-33(41)38-31(21-5-3-6-25(15-21)40(44)45)27-13-10-20-4-1-2-7-26(20)30(27)37-34(38)47-29/h1-9,11-12,14-17,31H,10,13,18H2/b29-16+. The summed E-state index contributed by atoms with van der Waals surface area (Å²) in [5, 5.41) is 22.8. The quantitative estimate of drug-likeness (QED) is 0.127. The van der Waals surface area contributed by atoms with E-state index in [2.05, 4.69) is 37.9 Å². The number of non-ortho nitro benzene ring substituents is 2. The monoisotopic (exact) mass is 772 g/mol. The molecule has 0 spiro atoms. The van der Waals surface area contributed by atoms with Gasteiger partial charge in [-0.2, -0.15) is 0 Å². The van der Waals surface area contributed by atoms with Crippen molar-refractivity contribution in [3.05, 3.63) is 167 Å². The van der Waals surface area contributed by atoms with Gasteiger partial charge in [0.1, 0.15) is 12.4 Å². The van der Waals surface area contributed by atoms with Crippen molar-refractivity contribution in [1.82, 2.24) is 4.57 Å². The maximum atomic E-state index is 14.3. The minimum absolute atomic E-state index is 0.0109. The number of allylic oxidation sites excluding steroid dienone is 1. The van der Waals surface area contributed by atoms with E-state index in [-0.39, 0.29) is 23.5 Å². The summed E-state index contributed by atoms with van der Waals surface area (Å²) >= 11 is 8.37. The van der Waals surface area contributed by atoms with Crippen LogP contribution in [-0.2, 0) is 13.0 Å². The van der Waals surface area contributed by atoms with Gasteiger partial charge in [0.05, 0.1) is 30.6 Å². The van der Waals surface area contributed by atoms with E-state index in [0.717, 1.165) is 33.3 Å². The summed E-state index contributed by atoms with van der Waals surface area (Å²) in [4.78, 5) is 41.7. The van der Waals surface area contributed by atoms with Crippen molar-refractivity contribution in [1.29, 1.82) is 0 Å². The fourth-order valence-electron chi connectivity index (χ4n) is 5.98. The summed E-state index contributed by atoms with van der Waals surface area (Å²) < 4.78 is 9.66. The number of nitro benzene ring substituents is 2. The van der Waals surface area contributed by atoms with Crippen LogP contribution in [0.1, 0.15) is 40.3 Å². The van der Waals surface area contributed by atoms with Gasteiger partial charge in [-0.15, -0.1) is 0 Å². The van der Waals surface area contributed by atoms with Crippen LogP contribution in [0.4, 0.5) is 11.4 Å². The van der Waals surface area contributed by atoms with Crippen LogP contribution in [0.5, 0.6) is 5.75 Å². The van der Waals surface area contributed by atoms with Crippen LogP contribution in [0, 0.1) is 20.2 Å². The SMILES string of the molecule is O=c1/c(=C\c2cc(Br)cc(Br)c2OCc2ccc([N+](=O)[O-])cc2)sc2n1C(c1cccc([N+](=O)[O-])c1)C1=C(N=2)c2ccccc2CC1. The molecule has 0 saturated carbocycles. The van der Waals surface area contributed by atoms with Gasteiger partial charge in [0.2, 0.25) is 0 Å². The molecule has 7 rings (SSSR count). The molecule has 0 bridgehead atoms. The van der Waals surface area contributed by atoms with Crippen molar-refractivity contribution in [2.24, 2.45) is 4.99 Å². The zero-order valence-electron chi connectivity index (χ0n) is 24.3. The first kappa shape index (κ1) is 30.9. The summed E-state index contributed by atoms with van der Waals surface area (Å²) in [6, 6.07) is 23.7. The molecule has 2 aliphatic rings. The Hall–Kier alpha value is -4.72. The number of hydrogen-bond acceptors (Lipinski definition) is 8. The number of rotatable bonds is 7. The van der Waals surface area contributed by atoms with Crippen LogP contribution >= 0.6 is 43.2 Å². The first-order valence-electron chi connectivity index (χ1n) is 14.4. The Morgan fingerprint density at radius 1 is 0.936 bits per heavy atom. The number of thiazole rings is 1. The highest BCUT2D eigenvalue weighted by Crippen LogP contribution is 2.42. The number of aromatic nitrogens is 1. The molecule has 13 heteroatoms. The number of aryl methyl sites for hydroxylation is 1. The molecule has 1 aliphatic carbocycles. The molecule has 0 saturated heterocycles. The van der Waals surface area contributed by atoms with E-state index in [1.807, 2.05) is 36.4 Å². The molecule has 4 aromatic carbocycles. The summed E-state index contributed by atoms with van der Waals surface area (Å²) in [6.07, 6.45) is 3.18. The Balaban J connectivity index is 1.37. The summed E-state index contributed by atoms with van der Waals surface area (Å²) in [5.74, 6) is 0.487. The van der Waals surface area contributed by atoms with Gasteiger partial charge >= 0.3 is 0 Å². The summed E-state index contributed by atoms with van der Waals surface area (Å²) in [7, 11) is 0. The largest absolute Gasteiger partial charge is 0.487 e. The average molecular weight is 774 g/mol. The van der Waals surface area contributed by atoms with E-state index in [1.54, 1.807) is 28.8 Å². The zero-order chi connectivity index (χ0) is 32.8. The highest BCUT2D eigenvalue weighted by Gasteiger charge is 2.33. The second kappa shape index (κ2) is 12.5. The van der Waals surface area contributed by atoms with Gasteiger partial charge in [0.15, 0.2) is 4.80 Å². The van der Waals surface area contributed by atoms with Crippen LogP contribution in [-0.4, -0.2) is 14.4 Å². The Kier molecular flexibility index (Phi) is 8.20. The van der Waals surface area contributed by atoms with Gasteiger partial charge in [0, 0.05) is 39.9 Å². The van der Waals surface area contributed by atoms with Gasteiger partial charge < -0.3 is 4.74 Å². The summed E-state index contributed by atoms with van der Waals surface area (Å²) in [6.45, 7) is 0.138. The van der Waals surface area contributed by atoms with E-state index in [1.165, 1.54) is 41.2 Å². The molecule has 0 radical (unpaired) electrons. The number of hydrogen-bond donors (Lipinski definition) is 0. The van der Waals surface area contributed by atoms with Crippen LogP contribution in [0.25, 0.3) is 11.8 Å².